The van der Waals surface area contributed by atoms with Crippen molar-refractivity contribution < 1.29 is 5.11 Å². The fraction of sp³-hybridized carbons (Fsp3) is 0.846. The van der Waals surface area contributed by atoms with E-state index in [0.29, 0.717) is 12.0 Å². The summed E-state index contributed by atoms with van der Waals surface area (Å²) < 4.78 is 2.02. The molecule has 2 aliphatic heterocycles. The third-order valence-corrected chi connectivity index (χ3v) is 4.30. The van der Waals surface area contributed by atoms with Crippen molar-refractivity contribution in [3.63, 3.8) is 0 Å². The summed E-state index contributed by atoms with van der Waals surface area (Å²) in [6.07, 6.45) is 4.43. The highest BCUT2D eigenvalue weighted by molar-refractivity contribution is 5.03. The maximum Gasteiger partial charge on any atom is 0.168 e. The zero-order valence-electron chi connectivity index (χ0n) is 11.0. The maximum atomic E-state index is 9.25. The van der Waals surface area contributed by atoms with E-state index in [1.807, 2.05) is 4.68 Å². The molecular weight excluding hydrogens is 228 g/mol. The molecule has 0 aromatic carbocycles. The minimum absolute atomic E-state index is 0.263. The molecule has 2 atom stereocenters. The lowest BCUT2D eigenvalue weighted by molar-refractivity contribution is 0.184. The van der Waals surface area contributed by atoms with Gasteiger partial charge in [0.2, 0.25) is 0 Å². The Morgan fingerprint density at radius 2 is 2.28 bits per heavy atom. The molecule has 0 saturated carbocycles. The summed E-state index contributed by atoms with van der Waals surface area (Å²) in [7, 11) is 0. The van der Waals surface area contributed by atoms with Gasteiger partial charge in [-0.25, -0.2) is 9.67 Å². The van der Waals surface area contributed by atoms with Crippen LogP contribution in [0.5, 0.6) is 0 Å². The van der Waals surface area contributed by atoms with Crippen molar-refractivity contribution in [3.8, 4) is 0 Å². The molecule has 0 amide bonds. The summed E-state index contributed by atoms with van der Waals surface area (Å²) in [6.45, 7) is 5.55. The topological polar surface area (TPSA) is 54.2 Å². The van der Waals surface area contributed by atoms with E-state index in [9.17, 15) is 5.11 Å². The largest absolute Gasteiger partial charge is 0.396 e. The Morgan fingerprint density at radius 3 is 3.06 bits per heavy atom. The van der Waals surface area contributed by atoms with Gasteiger partial charge < -0.3 is 5.11 Å². The van der Waals surface area contributed by atoms with E-state index in [0.717, 1.165) is 37.6 Å². The molecule has 3 heterocycles. The highest BCUT2D eigenvalue weighted by Crippen LogP contribution is 2.30. The standard InChI is InChI=1S/C13H22N4O/c1-2-16-7-3-4-11(16)13-14-12-6-5-10(9-18)8-17(12)15-13/h10-11,18H,2-9H2,1H3. The lowest BCUT2D eigenvalue weighted by Gasteiger charge is -2.20. The first-order chi connectivity index (χ1) is 8.81. The summed E-state index contributed by atoms with van der Waals surface area (Å²) in [6, 6.07) is 0.417. The van der Waals surface area contributed by atoms with Gasteiger partial charge in [-0.05, 0) is 32.4 Å². The zero-order chi connectivity index (χ0) is 12.5. The smallest absolute Gasteiger partial charge is 0.168 e. The van der Waals surface area contributed by atoms with Crippen LogP contribution in [0.1, 0.15) is 43.9 Å². The van der Waals surface area contributed by atoms with Crippen LogP contribution in [0.25, 0.3) is 0 Å². The molecule has 1 saturated heterocycles. The SMILES string of the molecule is CCN1CCCC1c1nc2n(n1)CC(CO)CC2. The molecule has 0 spiro atoms. The fourth-order valence-corrected chi connectivity index (χ4v) is 3.18. The Labute approximate surface area is 108 Å². The van der Waals surface area contributed by atoms with Gasteiger partial charge in [-0.2, -0.15) is 5.10 Å². The van der Waals surface area contributed by atoms with Crippen LogP contribution in [0.4, 0.5) is 0 Å². The van der Waals surface area contributed by atoms with Crippen molar-refractivity contribution in [1.29, 1.82) is 0 Å². The van der Waals surface area contributed by atoms with Crippen LogP contribution in [0, 0.1) is 5.92 Å². The van der Waals surface area contributed by atoms with Gasteiger partial charge in [-0.1, -0.05) is 6.92 Å². The minimum atomic E-state index is 0.263. The molecule has 0 bridgehead atoms. The monoisotopic (exact) mass is 250 g/mol. The van der Waals surface area contributed by atoms with Crippen LogP contribution in [0.3, 0.4) is 0 Å². The van der Waals surface area contributed by atoms with E-state index < -0.39 is 0 Å². The van der Waals surface area contributed by atoms with E-state index in [1.54, 1.807) is 0 Å². The van der Waals surface area contributed by atoms with E-state index in [1.165, 1.54) is 19.4 Å². The molecule has 2 unspecified atom stereocenters. The summed E-state index contributed by atoms with van der Waals surface area (Å²) in [5, 5.41) is 13.9. The molecule has 100 valence electrons. The predicted octanol–water partition coefficient (Wildman–Crippen LogP) is 0.990. The lowest BCUT2D eigenvalue weighted by Crippen LogP contribution is -2.24. The van der Waals surface area contributed by atoms with Gasteiger partial charge in [0.05, 0.1) is 6.04 Å². The van der Waals surface area contributed by atoms with Crippen LogP contribution in [0.2, 0.25) is 0 Å². The van der Waals surface area contributed by atoms with Crippen molar-refractivity contribution in [2.45, 2.75) is 45.2 Å². The van der Waals surface area contributed by atoms with E-state index >= 15 is 0 Å². The number of nitrogens with zero attached hydrogens (tertiary/aromatic N) is 4. The molecule has 0 radical (unpaired) electrons. The van der Waals surface area contributed by atoms with Gasteiger partial charge >= 0.3 is 0 Å². The van der Waals surface area contributed by atoms with Gasteiger partial charge in [0.15, 0.2) is 5.82 Å². The van der Waals surface area contributed by atoms with Crippen LogP contribution >= 0.6 is 0 Å². The molecule has 1 aromatic heterocycles. The molecule has 1 N–H and O–H groups in total. The molecular formula is C13H22N4O. The van der Waals surface area contributed by atoms with E-state index in [-0.39, 0.29) is 6.61 Å². The lowest BCUT2D eigenvalue weighted by atomic mass is 10.0. The molecule has 5 heteroatoms. The van der Waals surface area contributed by atoms with Gasteiger partial charge in [0, 0.05) is 25.5 Å². The van der Waals surface area contributed by atoms with E-state index in [4.69, 9.17) is 4.98 Å². The number of hydrogen-bond acceptors (Lipinski definition) is 4. The van der Waals surface area contributed by atoms with Crippen molar-refractivity contribution in [1.82, 2.24) is 19.7 Å². The number of aromatic nitrogens is 3. The minimum Gasteiger partial charge on any atom is -0.396 e. The van der Waals surface area contributed by atoms with Crippen LogP contribution < -0.4 is 0 Å². The van der Waals surface area contributed by atoms with Gasteiger partial charge in [-0.3, -0.25) is 4.90 Å². The highest BCUT2D eigenvalue weighted by Gasteiger charge is 2.30. The van der Waals surface area contributed by atoms with Crippen molar-refractivity contribution in [2.75, 3.05) is 19.7 Å². The van der Waals surface area contributed by atoms with Crippen LogP contribution in [0.15, 0.2) is 0 Å². The average Bonchev–Trinajstić information content (AvgIpc) is 3.03. The second-order valence-electron chi connectivity index (χ2n) is 5.44. The Morgan fingerprint density at radius 1 is 1.39 bits per heavy atom. The maximum absolute atomic E-state index is 9.25. The number of rotatable bonds is 3. The number of aliphatic hydroxyl groups is 1. The Hall–Kier alpha value is -0.940. The number of aryl methyl sites for hydroxylation is 1. The van der Waals surface area contributed by atoms with Crippen LogP contribution in [-0.4, -0.2) is 44.5 Å². The average molecular weight is 250 g/mol. The molecule has 0 aliphatic carbocycles. The third kappa shape index (κ3) is 2.06. The van der Waals surface area contributed by atoms with Crippen molar-refractivity contribution in [3.05, 3.63) is 11.6 Å². The number of likely N-dealkylation sites (tertiary alicyclic amines) is 1. The van der Waals surface area contributed by atoms with Crippen molar-refractivity contribution >= 4 is 0 Å². The molecule has 1 aromatic rings. The fourth-order valence-electron chi connectivity index (χ4n) is 3.18. The predicted molar refractivity (Wildman–Crippen MR) is 68.1 cm³/mol. The summed E-state index contributed by atoms with van der Waals surface area (Å²) in [4.78, 5) is 7.19. The first-order valence-corrected chi connectivity index (χ1v) is 7.10. The second-order valence-corrected chi connectivity index (χ2v) is 5.44. The number of aliphatic hydroxyl groups excluding tert-OH is 1. The first kappa shape index (κ1) is 12.1. The van der Waals surface area contributed by atoms with Gasteiger partial charge in [0.25, 0.3) is 0 Å². The number of fused-ring (bicyclic) bond motifs is 1. The molecule has 1 fully saturated rings. The second kappa shape index (κ2) is 4.97. The quantitative estimate of drug-likeness (QED) is 0.869. The molecule has 5 nitrogen and oxygen atoms in total. The Kier molecular flexibility index (Phi) is 3.35. The highest BCUT2D eigenvalue weighted by atomic mass is 16.3. The summed E-state index contributed by atoms with van der Waals surface area (Å²) in [5.74, 6) is 2.47. The summed E-state index contributed by atoms with van der Waals surface area (Å²) in [5.41, 5.74) is 0. The Balaban J connectivity index is 1.81. The summed E-state index contributed by atoms with van der Waals surface area (Å²) >= 11 is 0. The van der Waals surface area contributed by atoms with Crippen molar-refractivity contribution in [2.24, 2.45) is 5.92 Å². The van der Waals surface area contributed by atoms with Gasteiger partial charge in [-0.15, -0.1) is 0 Å². The third-order valence-electron chi connectivity index (χ3n) is 4.30. The van der Waals surface area contributed by atoms with Gasteiger partial charge in [0.1, 0.15) is 5.82 Å². The normalized spacial score (nSPS) is 28.6. The Bertz CT molecular complexity index is 417. The molecule has 3 rings (SSSR count). The number of hydrogen-bond donors (Lipinski definition) is 1. The molecule has 2 aliphatic rings. The molecule has 18 heavy (non-hydrogen) atoms. The van der Waals surface area contributed by atoms with E-state index in [2.05, 4.69) is 16.9 Å². The first-order valence-electron chi connectivity index (χ1n) is 7.10. The zero-order valence-corrected chi connectivity index (χ0v) is 11.0. The van der Waals surface area contributed by atoms with Crippen LogP contribution in [-0.2, 0) is 13.0 Å².